The van der Waals surface area contributed by atoms with Gasteiger partial charge in [0.05, 0.1) is 0 Å². The van der Waals surface area contributed by atoms with Gasteiger partial charge in [0, 0.05) is 36.5 Å². The third-order valence-electron chi connectivity index (χ3n) is 4.66. The van der Waals surface area contributed by atoms with Crippen LogP contribution in [0.15, 0.2) is 10.9 Å². The van der Waals surface area contributed by atoms with Crippen LogP contribution in [0.5, 0.6) is 0 Å². The first-order chi connectivity index (χ1) is 11.0. The molecule has 0 aromatic carbocycles. The van der Waals surface area contributed by atoms with Crippen LogP contribution in [0.3, 0.4) is 0 Å². The zero-order valence-corrected chi connectivity index (χ0v) is 13.4. The van der Waals surface area contributed by atoms with Gasteiger partial charge in [-0.1, -0.05) is 0 Å². The first kappa shape index (κ1) is 15.7. The van der Waals surface area contributed by atoms with Gasteiger partial charge in [-0.15, -0.1) is 0 Å². The topological polar surface area (TPSA) is 99.5 Å². The molecule has 0 atom stereocenters. The van der Waals surface area contributed by atoms with E-state index in [-0.39, 0.29) is 24.1 Å². The lowest BCUT2D eigenvalue weighted by Gasteiger charge is -2.34. The standard InChI is InChI=1S/C16H22N4O3/c1-9-13(10(2)20-14(17-9)7-16(23)19-20)3-4-15(22)18-12-5-11(6-12)8-21/h7,11-12,21H,3-6,8H2,1-2H3,(H,18,22)(H,19,23). The molecule has 0 unspecified atom stereocenters. The van der Waals surface area contributed by atoms with Crippen molar-refractivity contribution < 1.29 is 9.90 Å². The summed E-state index contributed by atoms with van der Waals surface area (Å²) >= 11 is 0. The molecule has 1 amide bonds. The highest BCUT2D eigenvalue weighted by molar-refractivity contribution is 5.76. The second kappa shape index (κ2) is 6.16. The summed E-state index contributed by atoms with van der Waals surface area (Å²) in [7, 11) is 0. The minimum Gasteiger partial charge on any atom is -0.396 e. The first-order valence-corrected chi connectivity index (χ1v) is 7.96. The van der Waals surface area contributed by atoms with E-state index in [1.807, 2.05) is 13.8 Å². The molecule has 2 heterocycles. The molecule has 1 fully saturated rings. The van der Waals surface area contributed by atoms with Crippen molar-refractivity contribution in [3.05, 3.63) is 33.4 Å². The quantitative estimate of drug-likeness (QED) is 0.745. The fourth-order valence-corrected chi connectivity index (χ4v) is 3.26. The maximum absolute atomic E-state index is 12.0. The predicted molar refractivity (Wildman–Crippen MR) is 85.3 cm³/mol. The largest absolute Gasteiger partial charge is 0.396 e. The minimum absolute atomic E-state index is 0.0197. The molecule has 1 saturated carbocycles. The van der Waals surface area contributed by atoms with Gasteiger partial charge in [-0.3, -0.25) is 14.7 Å². The van der Waals surface area contributed by atoms with Gasteiger partial charge in [-0.2, -0.15) is 0 Å². The van der Waals surface area contributed by atoms with Gasteiger partial charge >= 0.3 is 0 Å². The van der Waals surface area contributed by atoms with Crippen LogP contribution in [0.2, 0.25) is 0 Å². The highest BCUT2D eigenvalue weighted by Gasteiger charge is 2.29. The number of H-pyrrole nitrogens is 1. The summed E-state index contributed by atoms with van der Waals surface area (Å²) in [6.07, 6.45) is 2.69. The number of carbonyl (C=O) groups excluding carboxylic acids is 1. The summed E-state index contributed by atoms with van der Waals surface area (Å²) in [4.78, 5) is 27.9. The van der Waals surface area contributed by atoms with Crippen molar-refractivity contribution >= 4 is 11.6 Å². The summed E-state index contributed by atoms with van der Waals surface area (Å²) in [5.41, 5.74) is 3.16. The second-order valence-corrected chi connectivity index (χ2v) is 6.36. The van der Waals surface area contributed by atoms with E-state index in [1.54, 1.807) is 4.52 Å². The Morgan fingerprint density at radius 3 is 2.91 bits per heavy atom. The summed E-state index contributed by atoms with van der Waals surface area (Å²) in [6, 6.07) is 1.66. The summed E-state index contributed by atoms with van der Waals surface area (Å²) in [5, 5.41) is 14.7. The number of aliphatic hydroxyl groups excluding tert-OH is 1. The van der Waals surface area contributed by atoms with Crippen molar-refractivity contribution in [2.45, 2.75) is 45.6 Å². The Kier molecular flexibility index (Phi) is 4.21. The summed E-state index contributed by atoms with van der Waals surface area (Å²) in [6.45, 7) is 4.02. The number of carbonyl (C=O) groups is 1. The minimum atomic E-state index is -0.182. The predicted octanol–water partition coefficient (Wildman–Crippen LogP) is 0.459. The molecule has 0 saturated heterocycles. The number of aromatic amines is 1. The number of fused-ring (bicyclic) bond motifs is 1. The molecule has 124 valence electrons. The number of hydrogen-bond donors (Lipinski definition) is 3. The van der Waals surface area contributed by atoms with E-state index in [0.29, 0.717) is 24.4 Å². The van der Waals surface area contributed by atoms with Gasteiger partial charge in [0.25, 0.3) is 5.56 Å². The van der Waals surface area contributed by atoms with Crippen molar-refractivity contribution in [2.24, 2.45) is 5.92 Å². The second-order valence-electron chi connectivity index (χ2n) is 6.36. The lowest BCUT2D eigenvalue weighted by molar-refractivity contribution is -0.122. The lowest BCUT2D eigenvalue weighted by atomic mass is 9.81. The van der Waals surface area contributed by atoms with Crippen LogP contribution in [0.25, 0.3) is 5.65 Å². The number of nitrogens with one attached hydrogen (secondary N) is 2. The summed E-state index contributed by atoms with van der Waals surface area (Å²) in [5.74, 6) is 0.355. The molecular weight excluding hydrogens is 296 g/mol. The third-order valence-corrected chi connectivity index (χ3v) is 4.66. The van der Waals surface area contributed by atoms with Crippen LogP contribution in [-0.4, -0.2) is 38.3 Å². The van der Waals surface area contributed by atoms with E-state index in [0.717, 1.165) is 29.8 Å². The van der Waals surface area contributed by atoms with Crippen LogP contribution >= 0.6 is 0 Å². The molecule has 2 aromatic heterocycles. The average molecular weight is 318 g/mol. The number of aryl methyl sites for hydroxylation is 2. The van der Waals surface area contributed by atoms with E-state index in [4.69, 9.17) is 5.11 Å². The average Bonchev–Trinajstić information content (AvgIpc) is 2.82. The van der Waals surface area contributed by atoms with E-state index < -0.39 is 0 Å². The van der Waals surface area contributed by atoms with Crippen molar-refractivity contribution in [1.82, 2.24) is 19.9 Å². The molecule has 0 radical (unpaired) electrons. The number of amides is 1. The smallest absolute Gasteiger partial charge is 0.266 e. The molecule has 3 N–H and O–H groups in total. The molecule has 1 aliphatic carbocycles. The Hall–Kier alpha value is -2.15. The Bertz CT molecular complexity index is 786. The molecule has 2 aromatic rings. The maximum atomic E-state index is 12.0. The highest BCUT2D eigenvalue weighted by Crippen LogP contribution is 2.26. The van der Waals surface area contributed by atoms with Crippen molar-refractivity contribution in [1.29, 1.82) is 0 Å². The van der Waals surface area contributed by atoms with Crippen LogP contribution in [0.1, 0.15) is 36.2 Å². The van der Waals surface area contributed by atoms with E-state index in [1.165, 1.54) is 6.07 Å². The Morgan fingerprint density at radius 1 is 1.48 bits per heavy atom. The molecule has 23 heavy (non-hydrogen) atoms. The normalized spacial score (nSPS) is 20.5. The molecule has 0 spiro atoms. The van der Waals surface area contributed by atoms with Crippen LogP contribution in [0, 0.1) is 19.8 Å². The first-order valence-electron chi connectivity index (χ1n) is 7.96. The van der Waals surface area contributed by atoms with Gasteiger partial charge in [0.1, 0.15) is 0 Å². The van der Waals surface area contributed by atoms with Crippen LogP contribution in [-0.2, 0) is 11.2 Å². The molecule has 7 heteroatoms. The number of aromatic nitrogens is 3. The lowest BCUT2D eigenvalue weighted by Crippen LogP contribution is -2.45. The number of aliphatic hydroxyl groups is 1. The molecule has 0 aliphatic heterocycles. The highest BCUT2D eigenvalue weighted by atomic mass is 16.3. The van der Waals surface area contributed by atoms with Crippen LogP contribution in [0.4, 0.5) is 0 Å². The van der Waals surface area contributed by atoms with E-state index in [9.17, 15) is 9.59 Å². The molecular formula is C16H22N4O3. The van der Waals surface area contributed by atoms with Crippen LogP contribution < -0.4 is 10.9 Å². The van der Waals surface area contributed by atoms with Gasteiger partial charge in [-0.25, -0.2) is 9.50 Å². The fourth-order valence-electron chi connectivity index (χ4n) is 3.26. The van der Waals surface area contributed by atoms with E-state index in [2.05, 4.69) is 15.4 Å². The van der Waals surface area contributed by atoms with Gasteiger partial charge in [0.15, 0.2) is 5.65 Å². The molecule has 0 bridgehead atoms. The number of rotatable bonds is 5. The van der Waals surface area contributed by atoms with Crippen molar-refractivity contribution in [3.63, 3.8) is 0 Å². The number of nitrogens with zero attached hydrogens (tertiary/aromatic N) is 2. The molecule has 1 aliphatic rings. The zero-order valence-electron chi connectivity index (χ0n) is 13.4. The summed E-state index contributed by atoms with van der Waals surface area (Å²) < 4.78 is 1.67. The van der Waals surface area contributed by atoms with Gasteiger partial charge in [-0.05, 0) is 44.6 Å². The van der Waals surface area contributed by atoms with E-state index >= 15 is 0 Å². The zero-order chi connectivity index (χ0) is 16.6. The number of hydrogen-bond acceptors (Lipinski definition) is 4. The molecule has 7 nitrogen and oxygen atoms in total. The Labute approximate surface area is 133 Å². The SMILES string of the molecule is Cc1nc2cc(=O)[nH]n2c(C)c1CCC(=O)NC1CC(CO)C1. The molecule has 3 rings (SSSR count). The maximum Gasteiger partial charge on any atom is 0.266 e. The van der Waals surface area contributed by atoms with Gasteiger partial charge < -0.3 is 10.4 Å². The monoisotopic (exact) mass is 318 g/mol. The van der Waals surface area contributed by atoms with Gasteiger partial charge in [0.2, 0.25) is 5.91 Å². The third kappa shape index (κ3) is 3.14. The Morgan fingerprint density at radius 2 is 2.22 bits per heavy atom. The van der Waals surface area contributed by atoms with Crippen molar-refractivity contribution in [3.8, 4) is 0 Å². The Balaban J connectivity index is 1.65. The van der Waals surface area contributed by atoms with Crippen molar-refractivity contribution in [2.75, 3.05) is 6.61 Å². The fraction of sp³-hybridized carbons (Fsp3) is 0.562.